The fourth-order valence-electron chi connectivity index (χ4n) is 2.00. The van der Waals surface area contributed by atoms with Crippen LogP contribution >= 0.6 is 0 Å². The molecule has 1 aliphatic carbocycles. The van der Waals surface area contributed by atoms with Gasteiger partial charge >= 0.3 is 0 Å². The van der Waals surface area contributed by atoms with Crippen LogP contribution in [0.15, 0.2) is 28.5 Å². The van der Waals surface area contributed by atoms with Crippen LogP contribution in [0.5, 0.6) is 0 Å². The topological polar surface area (TPSA) is 32.6 Å². The number of allylic oxidation sites excluding steroid dienone is 4. The molecule has 1 atom stereocenters. The SMILES string of the molecule is CC(C)=CCCC1=CCCC(C=NO)C1. The van der Waals surface area contributed by atoms with Crippen molar-refractivity contribution >= 4 is 6.21 Å². The third-order valence-electron chi connectivity index (χ3n) is 2.79. The summed E-state index contributed by atoms with van der Waals surface area (Å²) in [6.45, 7) is 4.27. The van der Waals surface area contributed by atoms with Crippen LogP contribution in [0, 0.1) is 5.92 Å². The highest BCUT2D eigenvalue weighted by atomic mass is 16.4. The van der Waals surface area contributed by atoms with Crippen LogP contribution in [-0.4, -0.2) is 11.4 Å². The second-order valence-corrected chi connectivity index (χ2v) is 4.49. The first-order chi connectivity index (χ1) is 7.22. The van der Waals surface area contributed by atoms with E-state index in [4.69, 9.17) is 5.21 Å². The molecule has 1 unspecified atom stereocenters. The van der Waals surface area contributed by atoms with E-state index in [1.54, 1.807) is 6.21 Å². The van der Waals surface area contributed by atoms with Crippen molar-refractivity contribution in [2.45, 2.75) is 46.0 Å². The molecule has 15 heavy (non-hydrogen) atoms. The Hall–Kier alpha value is -1.05. The van der Waals surface area contributed by atoms with Gasteiger partial charge in [-0.25, -0.2) is 0 Å². The quantitative estimate of drug-likeness (QED) is 0.322. The number of hydrogen-bond donors (Lipinski definition) is 1. The van der Waals surface area contributed by atoms with Crippen molar-refractivity contribution in [2.24, 2.45) is 11.1 Å². The average molecular weight is 207 g/mol. The van der Waals surface area contributed by atoms with Crippen LogP contribution in [0.1, 0.15) is 46.0 Å². The summed E-state index contributed by atoms with van der Waals surface area (Å²) < 4.78 is 0. The van der Waals surface area contributed by atoms with E-state index in [0.29, 0.717) is 5.92 Å². The Morgan fingerprint density at radius 1 is 1.60 bits per heavy atom. The largest absolute Gasteiger partial charge is 0.411 e. The van der Waals surface area contributed by atoms with Gasteiger partial charge in [-0.05, 0) is 46.0 Å². The Morgan fingerprint density at radius 2 is 2.40 bits per heavy atom. The van der Waals surface area contributed by atoms with Crippen LogP contribution in [0.4, 0.5) is 0 Å². The molecule has 0 fully saturated rings. The zero-order valence-electron chi connectivity index (χ0n) is 9.74. The summed E-state index contributed by atoms with van der Waals surface area (Å²) in [5.74, 6) is 0.446. The summed E-state index contributed by atoms with van der Waals surface area (Å²) in [5, 5.41) is 11.6. The summed E-state index contributed by atoms with van der Waals surface area (Å²) in [5.41, 5.74) is 2.91. The molecule has 0 spiro atoms. The molecule has 0 aromatic heterocycles. The van der Waals surface area contributed by atoms with Gasteiger partial charge in [-0.3, -0.25) is 0 Å². The van der Waals surface area contributed by atoms with E-state index in [9.17, 15) is 0 Å². The maximum absolute atomic E-state index is 8.49. The van der Waals surface area contributed by atoms with Crippen molar-refractivity contribution in [3.8, 4) is 0 Å². The molecule has 0 aromatic carbocycles. The Bertz CT molecular complexity index is 272. The van der Waals surface area contributed by atoms with Crippen molar-refractivity contribution < 1.29 is 5.21 Å². The predicted octanol–water partition coefficient (Wildman–Crippen LogP) is 3.92. The lowest BCUT2D eigenvalue weighted by Crippen LogP contribution is -2.08. The minimum absolute atomic E-state index is 0.446. The Morgan fingerprint density at radius 3 is 3.07 bits per heavy atom. The standard InChI is InChI=1S/C13H21NO/c1-11(2)5-3-6-12-7-4-8-13(9-12)10-14-15/h5,7,10,13,15H,3-4,6,8-9H2,1-2H3. The molecule has 1 N–H and O–H groups in total. The molecular weight excluding hydrogens is 186 g/mol. The molecule has 0 aromatic rings. The number of rotatable bonds is 4. The van der Waals surface area contributed by atoms with Gasteiger partial charge in [-0.1, -0.05) is 23.3 Å². The van der Waals surface area contributed by atoms with E-state index in [2.05, 4.69) is 31.2 Å². The van der Waals surface area contributed by atoms with Gasteiger partial charge in [0.05, 0.1) is 0 Å². The van der Waals surface area contributed by atoms with E-state index < -0.39 is 0 Å². The predicted molar refractivity (Wildman–Crippen MR) is 64.4 cm³/mol. The lowest BCUT2D eigenvalue weighted by atomic mass is 9.87. The molecule has 0 aliphatic heterocycles. The number of nitrogens with zero attached hydrogens (tertiary/aromatic N) is 1. The van der Waals surface area contributed by atoms with E-state index in [0.717, 1.165) is 32.1 Å². The molecule has 2 nitrogen and oxygen atoms in total. The van der Waals surface area contributed by atoms with Crippen LogP contribution < -0.4 is 0 Å². The summed E-state index contributed by atoms with van der Waals surface area (Å²) >= 11 is 0. The third-order valence-corrected chi connectivity index (χ3v) is 2.79. The number of oxime groups is 1. The van der Waals surface area contributed by atoms with Crippen LogP contribution in [-0.2, 0) is 0 Å². The first-order valence-corrected chi connectivity index (χ1v) is 5.71. The van der Waals surface area contributed by atoms with Gasteiger partial charge < -0.3 is 5.21 Å². The van der Waals surface area contributed by atoms with Gasteiger partial charge in [0.2, 0.25) is 0 Å². The monoisotopic (exact) mass is 207 g/mol. The second kappa shape index (κ2) is 6.44. The maximum Gasteiger partial charge on any atom is 0.0470 e. The van der Waals surface area contributed by atoms with Gasteiger partial charge in [-0.15, -0.1) is 5.16 Å². The summed E-state index contributed by atoms with van der Waals surface area (Å²) in [6.07, 6.45) is 11.9. The minimum Gasteiger partial charge on any atom is -0.411 e. The summed E-state index contributed by atoms with van der Waals surface area (Å²) in [6, 6.07) is 0. The first kappa shape index (κ1) is 12.0. The molecule has 1 rings (SSSR count). The number of hydrogen-bond acceptors (Lipinski definition) is 2. The molecule has 2 heteroatoms. The van der Waals surface area contributed by atoms with Crippen LogP contribution in [0.2, 0.25) is 0 Å². The van der Waals surface area contributed by atoms with Crippen LogP contribution in [0.25, 0.3) is 0 Å². The molecule has 0 heterocycles. The van der Waals surface area contributed by atoms with Gasteiger partial charge in [0.1, 0.15) is 0 Å². The molecule has 0 bridgehead atoms. The van der Waals surface area contributed by atoms with Crippen molar-refractivity contribution in [1.82, 2.24) is 0 Å². The highest BCUT2D eigenvalue weighted by molar-refractivity contribution is 5.60. The summed E-state index contributed by atoms with van der Waals surface area (Å²) in [7, 11) is 0. The Labute approximate surface area is 92.4 Å². The molecule has 84 valence electrons. The average Bonchev–Trinajstić information content (AvgIpc) is 2.18. The smallest absolute Gasteiger partial charge is 0.0470 e. The van der Waals surface area contributed by atoms with Crippen LogP contribution in [0.3, 0.4) is 0 Å². The fourth-order valence-corrected chi connectivity index (χ4v) is 2.00. The Balaban J connectivity index is 2.36. The van der Waals surface area contributed by atoms with E-state index in [1.807, 2.05) is 0 Å². The summed E-state index contributed by atoms with van der Waals surface area (Å²) in [4.78, 5) is 0. The van der Waals surface area contributed by atoms with E-state index >= 15 is 0 Å². The van der Waals surface area contributed by atoms with E-state index in [1.165, 1.54) is 11.1 Å². The first-order valence-electron chi connectivity index (χ1n) is 5.71. The van der Waals surface area contributed by atoms with E-state index in [-0.39, 0.29) is 0 Å². The van der Waals surface area contributed by atoms with Gasteiger partial charge in [-0.2, -0.15) is 0 Å². The lowest BCUT2D eigenvalue weighted by molar-refractivity contribution is 0.317. The zero-order valence-corrected chi connectivity index (χ0v) is 9.74. The minimum atomic E-state index is 0.446. The fraction of sp³-hybridized carbons (Fsp3) is 0.615. The van der Waals surface area contributed by atoms with Gasteiger partial charge in [0.25, 0.3) is 0 Å². The molecule has 1 aliphatic rings. The molecule has 0 amide bonds. The normalized spacial score (nSPS) is 21.5. The van der Waals surface area contributed by atoms with Crippen molar-refractivity contribution in [3.05, 3.63) is 23.3 Å². The molecule has 0 saturated carbocycles. The molecule has 0 radical (unpaired) electrons. The Kier molecular flexibility index (Phi) is 5.16. The third kappa shape index (κ3) is 4.82. The molecular formula is C13H21NO. The van der Waals surface area contributed by atoms with Gasteiger partial charge in [0, 0.05) is 12.1 Å². The van der Waals surface area contributed by atoms with Crippen molar-refractivity contribution in [3.63, 3.8) is 0 Å². The maximum atomic E-state index is 8.49. The van der Waals surface area contributed by atoms with Crippen molar-refractivity contribution in [2.75, 3.05) is 0 Å². The lowest BCUT2D eigenvalue weighted by Gasteiger charge is -2.18. The zero-order chi connectivity index (χ0) is 11.1. The highest BCUT2D eigenvalue weighted by Crippen LogP contribution is 2.25. The van der Waals surface area contributed by atoms with Crippen molar-refractivity contribution in [1.29, 1.82) is 0 Å². The second-order valence-electron chi connectivity index (χ2n) is 4.49. The highest BCUT2D eigenvalue weighted by Gasteiger charge is 2.12. The molecule has 0 saturated heterocycles. The van der Waals surface area contributed by atoms with Gasteiger partial charge in [0.15, 0.2) is 0 Å².